The van der Waals surface area contributed by atoms with E-state index >= 15 is 0 Å². The lowest BCUT2D eigenvalue weighted by atomic mass is 10.1. The van der Waals surface area contributed by atoms with E-state index in [0.29, 0.717) is 5.82 Å². The average Bonchev–Trinajstić information content (AvgIpc) is 2.87. The molecular formula is C13H17N3O4P-. The lowest BCUT2D eigenvalue weighted by molar-refractivity contribution is -0.221. The molecule has 0 saturated heterocycles. The molecule has 114 valence electrons. The van der Waals surface area contributed by atoms with Crippen molar-refractivity contribution in [2.45, 2.75) is 19.4 Å². The van der Waals surface area contributed by atoms with E-state index in [1.165, 1.54) is 0 Å². The average molecular weight is 310 g/mol. The van der Waals surface area contributed by atoms with E-state index in [1.807, 2.05) is 31.2 Å². The van der Waals surface area contributed by atoms with E-state index in [-0.39, 0.29) is 0 Å². The number of nitrogens with one attached hydrogen (secondary N) is 1. The molecule has 2 aromatic rings. The summed E-state index contributed by atoms with van der Waals surface area (Å²) >= 11 is 0. The maximum Gasteiger partial charge on any atom is 0.265 e. The molecule has 7 nitrogen and oxygen atoms in total. The van der Waals surface area contributed by atoms with Gasteiger partial charge < -0.3 is 25.0 Å². The summed E-state index contributed by atoms with van der Waals surface area (Å²) in [5.41, 5.74) is 7.64. The minimum atomic E-state index is -4.81. The number of H-pyrrole nitrogens is 1. The van der Waals surface area contributed by atoms with Crippen molar-refractivity contribution in [1.29, 1.82) is 0 Å². The van der Waals surface area contributed by atoms with Gasteiger partial charge in [-0.15, -0.1) is 0 Å². The van der Waals surface area contributed by atoms with E-state index in [0.717, 1.165) is 16.8 Å². The summed E-state index contributed by atoms with van der Waals surface area (Å²) in [6.45, 7) is 3.14. The molecule has 0 spiro atoms. The minimum absolute atomic E-state index is 0.367. The number of imidazole rings is 1. The van der Waals surface area contributed by atoms with Gasteiger partial charge in [0.2, 0.25) is 0 Å². The first-order chi connectivity index (χ1) is 9.67. The zero-order valence-electron chi connectivity index (χ0n) is 11.7. The Kier molecular flexibility index (Phi) is 4.32. The molecular weight excluding hydrogens is 293 g/mol. The van der Waals surface area contributed by atoms with Gasteiger partial charge in [0, 0.05) is 0 Å². The third kappa shape index (κ3) is 4.23. The summed E-state index contributed by atoms with van der Waals surface area (Å²) in [6, 6.07) is 7.83. The number of nitrogens with zero attached hydrogens (tertiary/aromatic N) is 1. The van der Waals surface area contributed by atoms with Crippen LogP contribution >= 0.6 is 7.82 Å². The van der Waals surface area contributed by atoms with Gasteiger partial charge in [0.05, 0.1) is 24.0 Å². The molecule has 2 unspecified atom stereocenters. The second kappa shape index (κ2) is 5.71. The van der Waals surface area contributed by atoms with Gasteiger partial charge in [-0.3, -0.25) is 4.57 Å². The topological polar surface area (TPSA) is 124 Å². The summed E-state index contributed by atoms with van der Waals surface area (Å²) in [5, 5.41) is 0. The highest BCUT2D eigenvalue weighted by molar-refractivity contribution is 7.44. The molecule has 1 aromatic carbocycles. The highest BCUT2D eigenvalue weighted by Gasteiger charge is 2.27. The predicted octanol–water partition coefficient (Wildman–Crippen LogP) is 1.04. The van der Waals surface area contributed by atoms with Crippen LogP contribution in [0.5, 0.6) is 0 Å². The molecule has 1 heterocycles. The fraction of sp³-hybridized carbons (Fsp3) is 0.308. The standard InChI is InChI=1S/C13H18N3O4P/c1-9-3-5-10(6-4-9)11-7-15-12(16-11)13(2,14)8-20-21(17,18)19/h3-7H,8,14H2,1-2H3,(H,15,16)(H2,17,18,19)/p-1. The van der Waals surface area contributed by atoms with Gasteiger partial charge in [-0.25, -0.2) is 4.98 Å². The molecule has 8 heteroatoms. The summed E-state index contributed by atoms with van der Waals surface area (Å²) < 4.78 is 15.0. The van der Waals surface area contributed by atoms with Gasteiger partial charge >= 0.3 is 0 Å². The van der Waals surface area contributed by atoms with E-state index in [4.69, 9.17) is 10.6 Å². The molecule has 0 aliphatic heterocycles. The molecule has 0 aliphatic rings. The molecule has 0 amide bonds. The molecule has 2 rings (SSSR count). The maximum absolute atomic E-state index is 10.6. The zero-order chi connectivity index (χ0) is 15.7. The lowest BCUT2D eigenvalue weighted by Crippen LogP contribution is -2.39. The number of rotatable bonds is 5. The van der Waals surface area contributed by atoms with Crippen molar-refractivity contribution in [3.05, 3.63) is 41.9 Å². The van der Waals surface area contributed by atoms with Crippen LogP contribution in [-0.4, -0.2) is 21.5 Å². The third-order valence-corrected chi connectivity index (χ3v) is 3.46. The summed E-state index contributed by atoms with van der Waals surface area (Å²) in [5.74, 6) is 0.367. The number of phosphoric ester groups is 1. The molecule has 0 bridgehead atoms. The van der Waals surface area contributed by atoms with Crippen molar-refractivity contribution in [2.75, 3.05) is 6.61 Å². The monoisotopic (exact) mass is 310 g/mol. The maximum atomic E-state index is 10.6. The van der Waals surface area contributed by atoms with E-state index < -0.39 is 20.0 Å². The fourth-order valence-electron chi connectivity index (χ4n) is 1.78. The summed E-state index contributed by atoms with van der Waals surface area (Å²) in [4.78, 5) is 26.5. The van der Waals surface area contributed by atoms with E-state index in [9.17, 15) is 9.46 Å². The Morgan fingerprint density at radius 1 is 1.48 bits per heavy atom. The summed E-state index contributed by atoms with van der Waals surface area (Å²) in [6.07, 6.45) is 1.61. The van der Waals surface area contributed by atoms with Gasteiger partial charge in [-0.1, -0.05) is 29.8 Å². The number of nitrogens with two attached hydrogens (primary N) is 1. The molecule has 21 heavy (non-hydrogen) atoms. The number of aryl methyl sites for hydroxylation is 1. The lowest BCUT2D eigenvalue weighted by Gasteiger charge is -2.25. The normalized spacial score (nSPS) is 17.2. The highest BCUT2D eigenvalue weighted by atomic mass is 31.2. The van der Waals surface area contributed by atoms with E-state index in [2.05, 4.69) is 14.5 Å². The number of hydrogen-bond acceptors (Lipinski definition) is 5. The minimum Gasteiger partial charge on any atom is -0.756 e. The molecule has 0 saturated carbocycles. The Hall–Kier alpha value is -1.50. The molecule has 1 aromatic heterocycles. The van der Waals surface area contributed by atoms with Crippen LogP contribution in [0.2, 0.25) is 0 Å². The van der Waals surface area contributed by atoms with Crippen molar-refractivity contribution < 1.29 is 18.9 Å². The largest absolute Gasteiger partial charge is 0.756 e. The smallest absolute Gasteiger partial charge is 0.265 e. The second-order valence-corrected chi connectivity index (χ2v) is 6.37. The van der Waals surface area contributed by atoms with Crippen LogP contribution in [0.1, 0.15) is 18.3 Å². The van der Waals surface area contributed by atoms with Crippen LogP contribution in [0.15, 0.2) is 30.5 Å². The fourth-order valence-corrected chi connectivity index (χ4v) is 2.21. The van der Waals surface area contributed by atoms with Crippen LogP contribution in [-0.2, 0) is 14.6 Å². The Balaban J connectivity index is 2.18. The van der Waals surface area contributed by atoms with Gasteiger partial charge in [0.15, 0.2) is 0 Å². The number of benzene rings is 1. The van der Waals surface area contributed by atoms with Gasteiger partial charge in [0.1, 0.15) is 5.82 Å². The van der Waals surface area contributed by atoms with Gasteiger partial charge in [0.25, 0.3) is 7.82 Å². The van der Waals surface area contributed by atoms with Crippen molar-refractivity contribution in [3.8, 4) is 11.3 Å². The van der Waals surface area contributed by atoms with Crippen LogP contribution in [0, 0.1) is 6.92 Å². The predicted molar refractivity (Wildman–Crippen MR) is 76.1 cm³/mol. The quantitative estimate of drug-likeness (QED) is 0.709. The van der Waals surface area contributed by atoms with E-state index in [1.54, 1.807) is 13.1 Å². The van der Waals surface area contributed by atoms with Crippen LogP contribution < -0.4 is 10.6 Å². The first-order valence-corrected chi connectivity index (χ1v) is 7.77. The first kappa shape index (κ1) is 15.9. The van der Waals surface area contributed by atoms with Crippen LogP contribution in [0.25, 0.3) is 11.3 Å². The highest BCUT2D eigenvalue weighted by Crippen LogP contribution is 2.33. The van der Waals surface area contributed by atoms with Gasteiger partial charge in [-0.05, 0) is 19.4 Å². The van der Waals surface area contributed by atoms with Crippen molar-refractivity contribution in [2.24, 2.45) is 5.73 Å². The molecule has 0 fully saturated rings. The van der Waals surface area contributed by atoms with Crippen molar-refractivity contribution in [3.63, 3.8) is 0 Å². The SMILES string of the molecule is Cc1ccc(-c2cnc(C(C)(N)COP(=O)([O-])O)[nH]2)cc1. The number of hydrogen-bond donors (Lipinski definition) is 3. The Bertz CT molecular complexity index is 660. The van der Waals surface area contributed by atoms with Crippen molar-refractivity contribution in [1.82, 2.24) is 9.97 Å². The van der Waals surface area contributed by atoms with Crippen molar-refractivity contribution >= 4 is 7.82 Å². The Morgan fingerprint density at radius 3 is 2.67 bits per heavy atom. The molecule has 4 N–H and O–H groups in total. The number of aromatic amines is 1. The number of aromatic nitrogens is 2. The zero-order valence-corrected chi connectivity index (χ0v) is 12.6. The third-order valence-electron chi connectivity index (χ3n) is 3.01. The van der Waals surface area contributed by atoms with Gasteiger partial charge in [-0.2, -0.15) is 0 Å². The van der Waals surface area contributed by atoms with Crippen LogP contribution in [0.3, 0.4) is 0 Å². The van der Waals surface area contributed by atoms with Crippen LogP contribution in [0.4, 0.5) is 0 Å². The number of phosphoric acid groups is 1. The Morgan fingerprint density at radius 2 is 2.10 bits per heavy atom. The second-order valence-electron chi connectivity index (χ2n) is 5.17. The Labute approximate surface area is 122 Å². The molecule has 0 radical (unpaired) electrons. The molecule has 2 atom stereocenters. The molecule has 0 aliphatic carbocycles. The summed E-state index contributed by atoms with van der Waals surface area (Å²) in [7, 11) is -4.81. The first-order valence-electron chi connectivity index (χ1n) is 6.27.